The Morgan fingerprint density at radius 3 is 2.17 bits per heavy atom. The van der Waals surface area contributed by atoms with E-state index in [0.29, 0.717) is 0 Å². The van der Waals surface area contributed by atoms with Crippen molar-refractivity contribution in [3.63, 3.8) is 0 Å². The summed E-state index contributed by atoms with van der Waals surface area (Å²) in [6.07, 6.45) is 0.149. The monoisotopic (exact) mass is 395 g/mol. The lowest BCUT2D eigenvalue weighted by Gasteiger charge is -2.46. The van der Waals surface area contributed by atoms with Gasteiger partial charge in [-0.25, -0.2) is 9.59 Å². The van der Waals surface area contributed by atoms with Crippen LogP contribution in [0.1, 0.15) is 17.2 Å². The maximum atomic E-state index is 12.9. The van der Waals surface area contributed by atoms with Crippen LogP contribution in [-0.2, 0) is 35.2 Å². The van der Waals surface area contributed by atoms with E-state index in [9.17, 15) is 14.4 Å². The Bertz CT molecular complexity index is 909. The summed E-state index contributed by atoms with van der Waals surface area (Å²) in [6.45, 7) is 0.239. The Hall–Kier alpha value is -3.45. The summed E-state index contributed by atoms with van der Waals surface area (Å²) in [4.78, 5) is 38.1. The SMILES string of the molecule is COC(=O)/C=C(\C(=O)OC)N1C(=O)[C@@H](OCc2ccccc2)[C@H]1c1ccccc1. The topological polar surface area (TPSA) is 82.1 Å². The number of carbonyl (C=O) groups is 3. The van der Waals surface area contributed by atoms with E-state index >= 15 is 0 Å². The molecule has 1 amide bonds. The number of ether oxygens (including phenoxy) is 3. The lowest BCUT2D eigenvalue weighted by Crippen LogP contribution is -2.60. The van der Waals surface area contributed by atoms with Crippen LogP contribution in [0.2, 0.25) is 0 Å². The maximum Gasteiger partial charge on any atom is 0.355 e. The van der Waals surface area contributed by atoms with Gasteiger partial charge in [0.2, 0.25) is 0 Å². The number of esters is 2. The highest BCUT2D eigenvalue weighted by atomic mass is 16.5. The first-order valence-corrected chi connectivity index (χ1v) is 8.98. The molecule has 2 aromatic rings. The predicted octanol–water partition coefficient (Wildman–Crippen LogP) is 2.39. The molecule has 29 heavy (non-hydrogen) atoms. The van der Waals surface area contributed by atoms with Gasteiger partial charge in [0.05, 0.1) is 32.9 Å². The van der Waals surface area contributed by atoms with E-state index in [4.69, 9.17) is 9.47 Å². The van der Waals surface area contributed by atoms with Gasteiger partial charge in [-0.3, -0.25) is 9.69 Å². The van der Waals surface area contributed by atoms with Crippen LogP contribution in [0.4, 0.5) is 0 Å². The van der Waals surface area contributed by atoms with Crippen LogP contribution >= 0.6 is 0 Å². The minimum absolute atomic E-state index is 0.197. The van der Waals surface area contributed by atoms with Gasteiger partial charge in [0, 0.05) is 0 Å². The molecule has 1 heterocycles. The molecule has 150 valence electrons. The van der Waals surface area contributed by atoms with E-state index in [1.807, 2.05) is 60.7 Å². The molecule has 2 atom stereocenters. The van der Waals surface area contributed by atoms with Crippen molar-refractivity contribution in [1.82, 2.24) is 4.90 Å². The number of amides is 1. The van der Waals surface area contributed by atoms with Gasteiger partial charge in [0.25, 0.3) is 5.91 Å². The molecule has 0 saturated carbocycles. The third kappa shape index (κ3) is 4.35. The molecule has 7 heteroatoms. The molecular formula is C22H21NO6. The van der Waals surface area contributed by atoms with Gasteiger partial charge in [0.1, 0.15) is 5.70 Å². The van der Waals surface area contributed by atoms with Crippen molar-refractivity contribution in [3.8, 4) is 0 Å². The standard InChI is InChI=1S/C22H21NO6/c1-27-18(24)13-17(22(26)28-2)23-19(16-11-7-4-8-12-16)20(21(23)25)29-14-15-9-5-3-6-10-15/h3-13,19-20H,14H2,1-2H3/b17-13+/t19-,20+/m1/s1. The normalized spacial score (nSPS) is 18.8. The molecule has 7 nitrogen and oxygen atoms in total. The van der Waals surface area contributed by atoms with Gasteiger partial charge in [0.15, 0.2) is 6.10 Å². The fourth-order valence-electron chi connectivity index (χ4n) is 3.13. The highest BCUT2D eigenvalue weighted by Gasteiger charge is 2.52. The van der Waals surface area contributed by atoms with E-state index in [2.05, 4.69) is 4.74 Å². The molecule has 1 aliphatic rings. The quantitative estimate of drug-likeness (QED) is 0.407. The summed E-state index contributed by atoms with van der Waals surface area (Å²) in [5, 5.41) is 0. The number of likely N-dealkylation sites (tertiary alicyclic amines) is 1. The number of benzene rings is 2. The highest BCUT2D eigenvalue weighted by Crippen LogP contribution is 2.40. The van der Waals surface area contributed by atoms with Gasteiger partial charge in [-0.2, -0.15) is 0 Å². The molecule has 3 rings (SSSR count). The van der Waals surface area contributed by atoms with Crippen LogP contribution in [0, 0.1) is 0 Å². The average Bonchev–Trinajstić information content (AvgIpc) is 2.77. The third-order valence-electron chi connectivity index (χ3n) is 4.57. The number of hydrogen-bond acceptors (Lipinski definition) is 6. The fourth-order valence-corrected chi connectivity index (χ4v) is 3.13. The van der Waals surface area contributed by atoms with Gasteiger partial charge in [-0.1, -0.05) is 60.7 Å². The van der Waals surface area contributed by atoms with Crippen molar-refractivity contribution in [1.29, 1.82) is 0 Å². The lowest BCUT2D eigenvalue weighted by molar-refractivity contribution is -0.175. The van der Waals surface area contributed by atoms with E-state index in [-0.39, 0.29) is 12.3 Å². The number of nitrogens with zero attached hydrogens (tertiary/aromatic N) is 1. The maximum absolute atomic E-state index is 12.9. The van der Waals surface area contributed by atoms with E-state index in [1.54, 1.807) is 0 Å². The van der Waals surface area contributed by atoms with Crippen molar-refractivity contribution in [3.05, 3.63) is 83.6 Å². The van der Waals surface area contributed by atoms with Crippen molar-refractivity contribution >= 4 is 17.8 Å². The van der Waals surface area contributed by atoms with Gasteiger partial charge < -0.3 is 14.2 Å². The smallest absolute Gasteiger partial charge is 0.355 e. The van der Waals surface area contributed by atoms with Crippen LogP contribution in [0.25, 0.3) is 0 Å². The molecule has 0 N–H and O–H groups in total. The van der Waals surface area contributed by atoms with Crippen LogP contribution in [0.3, 0.4) is 0 Å². The molecule has 0 aromatic heterocycles. The predicted molar refractivity (Wildman–Crippen MR) is 103 cm³/mol. The number of hydrogen-bond donors (Lipinski definition) is 0. The molecule has 0 aliphatic carbocycles. The average molecular weight is 395 g/mol. The number of rotatable bonds is 7. The Balaban J connectivity index is 1.91. The molecular weight excluding hydrogens is 374 g/mol. The minimum Gasteiger partial charge on any atom is -0.466 e. The van der Waals surface area contributed by atoms with Crippen molar-refractivity contribution in [2.45, 2.75) is 18.8 Å². The first-order chi connectivity index (χ1) is 14.1. The molecule has 0 unspecified atom stereocenters. The van der Waals surface area contributed by atoms with Gasteiger partial charge >= 0.3 is 11.9 Å². The molecule has 1 fully saturated rings. The first-order valence-electron chi connectivity index (χ1n) is 8.98. The van der Waals surface area contributed by atoms with Gasteiger partial charge in [-0.05, 0) is 11.1 Å². The zero-order chi connectivity index (χ0) is 20.8. The van der Waals surface area contributed by atoms with E-state index in [0.717, 1.165) is 17.2 Å². The lowest BCUT2D eigenvalue weighted by atomic mass is 9.89. The first kappa shape index (κ1) is 20.3. The van der Waals surface area contributed by atoms with E-state index < -0.39 is 30.0 Å². The Morgan fingerprint density at radius 1 is 0.966 bits per heavy atom. The van der Waals surface area contributed by atoms with Gasteiger partial charge in [-0.15, -0.1) is 0 Å². The second-order valence-electron chi connectivity index (χ2n) is 6.33. The van der Waals surface area contributed by atoms with Crippen molar-refractivity contribution in [2.24, 2.45) is 0 Å². The number of methoxy groups -OCH3 is 2. The Morgan fingerprint density at radius 2 is 1.59 bits per heavy atom. The molecule has 0 radical (unpaired) electrons. The second kappa shape index (κ2) is 9.16. The molecule has 2 aromatic carbocycles. The van der Waals surface area contributed by atoms with Crippen molar-refractivity contribution in [2.75, 3.05) is 14.2 Å². The molecule has 0 bridgehead atoms. The molecule has 1 aliphatic heterocycles. The van der Waals surface area contributed by atoms with Crippen LogP contribution in [-0.4, -0.2) is 43.1 Å². The zero-order valence-corrected chi connectivity index (χ0v) is 16.1. The summed E-state index contributed by atoms with van der Waals surface area (Å²) in [7, 11) is 2.37. The minimum atomic E-state index is -0.814. The fraction of sp³-hybridized carbons (Fsp3) is 0.227. The summed E-state index contributed by atoms with van der Waals surface area (Å²) in [5.41, 5.74) is 1.49. The summed E-state index contributed by atoms with van der Waals surface area (Å²) < 4.78 is 15.3. The molecule has 0 spiro atoms. The summed E-state index contributed by atoms with van der Waals surface area (Å²) in [5.74, 6) is -2.01. The zero-order valence-electron chi connectivity index (χ0n) is 16.1. The number of β-lactam (4-membered cyclic amide) rings is 1. The second-order valence-corrected chi connectivity index (χ2v) is 6.33. The van der Waals surface area contributed by atoms with Crippen LogP contribution in [0.5, 0.6) is 0 Å². The van der Waals surface area contributed by atoms with Crippen LogP contribution in [0.15, 0.2) is 72.4 Å². The summed E-state index contributed by atoms with van der Waals surface area (Å²) >= 11 is 0. The highest BCUT2D eigenvalue weighted by molar-refractivity contribution is 6.03. The largest absolute Gasteiger partial charge is 0.466 e. The van der Waals surface area contributed by atoms with Crippen molar-refractivity contribution < 1.29 is 28.6 Å². The van der Waals surface area contributed by atoms with E-state index in [1.165, 1.54) is 19.1 Å². The Labute approximate surface area is 168 Å². The summed E-state index contributed by atoms with van der Waals surface area (Å²) in [6, 6.07) is 18.0. The van der Waals surface area contributed by atoms with Crippen LogP contribution < -0.4 is 0 Å². The number of carbonyl (C=O) groups excluding carboxylic acids is 3. The molecule has 1 saturated heterocycles. The third-order valence-corrected chi connectivity index (χ3v) is 4.57. The Kier molecular flexibility index (Phi) is 6.41.